The predicted molar refractivity (Wildman–Crippen MR) is 59.1 cm³/mol. The third-order valence-electron chi connectivity index (χ3n) is 1.27. The fourth-order valence-corrected chi connectivity index (χ4v) is 1.74. The first-order chi connectivity index (χ1) is 6.34. The number of nitrogens with zero attached hydrogens (tertiary/aromatic N) is 1. The molecule has 0 aromatic rings. The molecule has 0 spiro atoms. The zero-order valence-corrected chi connectivity index (χ0v) is 9.52. The minimum Gasteiger partial charge on any atom is -0.480 e. The van der Waals surface area contributed by atoms with Crippen LogP contribution in [0.4, 0.5) is 0 Å². The molecule has 0 aliphatic heterocycles. The Balaban J connectivity index is 4.31. The Morgan fingerprint density at radius 1 is 1.57 bits per heavy atom. The lowest BCUT2D eigenvalue weighted by Crippen LogP contribution is -2.28. The van der Waals surface area contributed by atoms with Crippen LogP contribution in [0.1, 0.15) is 6.42 Å². The maximum Gasteiger partial charge on any atom is 0.317 e. The third kappa shape index (κ3) is 5.03. The highest BCUT2D eigenvalue weighted by atomic mass is 32.2. The van der Waals surface area contributed by atoms with Gasteiger partial charge < -0.3 is 15.7 Å². The number of carboxylic acid groups (broad SMARTS) is 1. The van der Waals surface area contributed by atoms with Crippen molar-refractivity contribution in [3.8, 4) is 0 Å². The standard InChI is InChI=1S/C7H12N2O3S2/c1-9(2)7(13)14-4(6(11)12)3-5(8)10/h4H,3H2,1-2H3,(H2,8,10)(H,11,12)/t4-/m1/s1. The van der Waals surface area contributed by atoms with Crippen LogP contribution in [-0.4, -0.2) is 45.5 Å². The van der Waals surface area contributed by atoms with Gasteiger partial charge in [0.25, 0.3) is 0 Å². The second kappa shape index (κ2) is 5.82. The summed E-state index contributed by atoms with van der Waals surface area (Å²) >= 11 is 5.85. The lowest BCUT2D eigenvalue weighted by Gasteiger charge is -2.16. The summed E-state index contributed by atoms with van der Waals surface area (Å²) in [5.74, 6) is -1.73. The van der Waals surface area contributed by atoms with Crippen molar-refractivity contribution in [2.24, 2.45) is 5.73 Å². The van der Waals surface area contributed by atoms with Crippen LogP contribution < -0.4 is 5.73 Å². The van der Waals surface area contributed by atoms with Crippen LogP contribution in [0.15, 0.2) is 0 Å². The molecule has 0 unspecified atom stereocenters. The van der Waals surface area contributed by atoms with Gasteiger partial charge in [-0.15, -0.1) is 0 Å². The van der Waals surface area contributed by atoms with E-state index >= 15 is 0 Å². The van der Waals surface area contributed by atoms with Crippen LogP contribution in [0, 0.1) is 0 Å². The van der Waals surface area contributed by atoms with Crippen molar-refractivity contribution >= 4 is 40.2 Å². The van der Waals surface area contributed by atoms with E-state index in [1.165, 1.54) is 0 Å². The SMILES string of the molecule is CN(C)C(=S)S[C@H](CC(N)=O)C(=O)O. The maximum absolute atomic E-state index is 10.7. The Hall–Kier alpha value is -0.820. The van der Waals surface area contributed by atoms with E-state index in [1.807, 2.05) is 0 Å². The zero-order valence-electron chi connectivity index (χ0n) is 7.89. The fourth-order valence-electron chi connectivity index (χ4n) is 0.589. The lowest BCUT2D eigenvalue weighted by atomic mass is 10.3. The molecule has 14 heavy (non-hydrogen) atoms. The van der Waals surface area contributed by atoms with Crippen molar-refractivity contribution in [1.82, 2.24) is 4.90 Å². The number of carbonyl (C=O) groups is 2. The van der Waals surface area contributed by atoms with Gasteiger partial charge in [0.05, 0.1) is 0 Å². The number of thioether (sulfide) groups is 1. The molecule has 0 saturated heterocycles. The molecule has 0 saturated carbocycles. The number of rotatable bonds is 4. The zero-order chi connectivity index (χ0) is 11.3. The van der Waals surface area contributed by atoms with Crippen LogP contribution in [0.3, 0.4) is 0 Å². The van der Waals surface area contributed by atoms with Crippen molar-refractivity contribution in [1.29, 1.82) is 0 Å². The van der Waals surface area contributed by atoms with Crippen molar-refractivity contribution in [3.63, 3.8) is 0 Å². The number of carboxylic acids is 1. The van der Waals surface area contributed by atoms with Gasteiger partial charge in [-0.2, -0.15) is 0 Å². The largest absolute Gasteiger partial charge is 0.480 e. The first-order valence-corrected chi connectivity index (χ1v) is 5.02. The molecule has 1 atom stereocenters. The molecular weight excluding hydrogens is 224 g/mol. The highest BCUT2D eigenvalue weighted by Crippen LogP contribution is 2.18. The number of amides is 1. The van der Waals surface area contributed by atoms with Crippen molar-refractivity contribution in [3.05, 3.63) is 0 Å². The number of thiocarbonyl (C=S) groups is 1. The second-order valence-electron chi connectivity index (χ2n) is 2.78. The predicted octanol–water partition coefficient (Wildman–Crippen LogP) is -0.105. The summed E-state index contributed by atoms with van der Waals surface area (Å²) in [5, 5.41) is 7.85. The fraction of sp³-hybridized carbons (Fsp3) is 0.571. The quantitative estimate of drug-likeness (QED) is 0.663. The molecule has 0 aromatic heterocycles. The highest BCUT2D eigenvalue weighted by Gasteiger charge is 2.22. The summed E-state index contributed by atoms with van der Waals surface area (Å²) in [5.41, 5.74) is 4.91. The van der Waals surface area contributed by atoms with Gasteiger partial charge in [-0.25, -0.2) is 0 Å². The van der Waals surface area contributed by atoms with Gasteiger partial charge in [-0.05, 0) is 0 Å². The Kier molecular flexibility index (Phi) is 5.47. The number of aliphatic carboxylic acids is 1. The normalized spacial score (nSPS) is 11.9. The number of nitrogens with two attached hydrogens (primary N) is 1. The summed E-state index contributed by atoms with van der Waals surface area (Å²) in [4.78, 5) is 22.8. The summed E-state index contributed by atoms with van der Waals surface area (Å²) in [6, 6.07) is 0. The van der Waals surface area contributed by atoms with Crippen LogP contribution in [0.5, 0.6) is 0 Å². The summed E-state index contributed by atoms with van der Waals surface area (Å²) in [7, 11) is 3.41. The molecule has 80 valence electrons. The van der Waals surface area contributed by atoms with Crippen LogP contribution in [-0.2, 0) is 9.59 Å². The van der Waals surface area contributed by atoms with E-state index in [0.717, 1.165) is 11.8 Å². The molecule has 0 aromatic carbocycles. The van der Waals surface area contributed by atoms with Crippen LogP contribution >= 0.6 is 24.0 Å². The van der Waals surface area contributed by atoms with Crippen molar-refractivity contribution < 1.29 is 14.7 Å². The topological polar surface area (TPSA) is 83.6 Å². The molecule has 0 aliphatic carbocycles. The summed E-state index contributed by atoms with van der Waals surface area (Å²) < 4.78 is 0.415. The molecule has 0 aliphatic rings. The van der Waals surface area contributed by atoms with E-state index < -0.39 is 17.1 Å². The monoisotopic (exact) mass is 236 g/mol. The number of carbonyl (C=O) groups excluding carboxylic acids is 1. The number of primary amides is 1. The van der Waals surface area contributed by atoms with Crippen molar-refractivity contribution in [2.45, 2.75) is 11.7 Å². The minimum atomic E-state index is -1.09. The van der Waals surface area contributed by atoms with Crippen molar-refractivity contribution in [2.75, 3.05) is 14.1 Å². The lowest BCUT2D eigenvalue weighted by molar-refractivity contribution is -0.137. The first-order valence-electron chi connectivity index (χ1n) is 3.73. The molecule has 0 radical (unpaired) electrons. The Labute approximate surface area is 91.6 Å². The van der Waals surface area contributed by atoms with Crippen LogP contribution in [0.25, 0.3) is 0 Å². The molecular formula is C7H12N2O3S2. The van der Waals surface area contributed by atoms with Gasteiger partial charge in [0.1, 0.15) is 9.57 Å². The van der Waals surface area contributed by atoms with Gasteiger partial charge in [0.15, 0.2) is 0 Å². The molecule has 0 bridgehead atoms. The average molecular weight is 236 g/mol. The number of hydrogen-bond acceptors (Lipinski definition) is 4. The average Bonchev–Trinajstić information content (AvgIpc) is 2.01. The molecule has 1 amide bonds. The van der Waals surface area contributed by atoms with Gasteiger partial charge in [-0.1, -0.05) is 24.0 Å². The Bertz CT molecular complexity index is 255. The van der Waals surface area contributed by atoms with Gasteiger partial charge in [-0.3, -0.25) is 9.59 Å². The summed E-state index contributed by atoms with van der Waals surface area (Å²) in [6.07, 6.45) is -0.214. The van der Waals surface area contributed by atoms with E-state index in [2.05, 4.69) is 0 Å². The number of hydrogen-bond donors (Lipinski definition) is 2. The third-order valence-corrected chi connectivity index (χ3v) is 3.14. The smallest absolute Gasteiger partial charge is 0.317 e. The maximum atomic E-state index is 10.7. The van der Waals surface area contributed by atoms with E-state index in [-0.39, 0.29) is 6.42 Å². The molecule has 7 heteroatoms. The molecule has 0 fully saturated rings. The van der Waals surface area contributed by atoms with E-state index in [9.17, 15) is 9.59 Å². The van der Waals surface area contributed by atoms with E-state index in [0.29, 0.717) is 4.32 Å². The van der Waals surface area contributed by atoms with Gasteiger partial charge >= 0.3 is 5.97 Å². The molecule has 0 heterocycles. The molecule has 3 N–H and O–H groups in total. The van der Waals surface area contributed by atoms with E-state index in [4.69, 9.17) is 23.1 Å². The molecule has 0 rings (SSSR count). The Morgan fingerprint density at radius 3 is 2.36 bits per heavy atom. The van der Waals surface area contributed by atoms with Crippen LogP contribution in [0.2, 0.25) is 0 Å². The second-order valence-corrected chi connectivity index (χ2v) is 4.61. The highest BCUT2D eigenvalue weighted by molar-refractivity contribution is 8.23. The van der Waals surface area contributed by atoms with Gasteiger partial charge in [0.2, 0.25) is 5.91 Å². The Morgan fingerprint density at radius 2 is 2.07 bits per heavy atom. The minimum absolute atomic E-state index is 0.214. The summed E-state index contributed by atoms with van der Waals surface area (Å²) in [6.45, 7) is 0. The molecule has 5 nitrogen and oxygen atoms in total. The first kappa shape index (κ1) is 13.2. The van der Waals surface area contributed by atoms with E-state index in [1.54, 1.807) is 19.0 Å². The van der Waals surface area contributed by atoms with Gasteiger partial charge in [0, 0.05) is 20.5 Å².